The molecule has 0 radical (unpaired) electrons. The van der Waals surface area contributed by atoms with Gasteiger partial charge in [0.15, 0.2) is 5.82 Å². The summed E-state index contributed by atoms with van der Waals surface area (Å²) in [6.45, 7) is 2.73. The number of aromatic nitrogens is 3. The Morgan fingerprint density at radius 1 is 1.32 bits per heavy atom. The highest BCUT2D eigenvalue weighted by atomic mass is 16.5. The molecule has 31 heavy (non-hydrogen) atoms. The van der Waals surface area contributed by atoms with Crippen molar-refractivity contribution in [3.63, 3.8) is 0 Å². The van der Waals surface area contributed by atoms with Gasteiger partial charge in [0.1, 0.15) is 17.5 Å². The molecule has 8 nitrogen and oxygen atoms in total. The van der Waals surface area contributed by atoms with Gasteiger partial charge < -0.3 is 15.0 Å². The van der Waals surface area contributed by atoms with Gasteiger partial charge in [-0.15, -0.1) is 0 Å². The zero-order valence-corrected chi connectivity index (χ0v) is 17.4. The molecule has 8 heteroatoms. The first kappa shape index (κ1) is 19.5. The Morgan fingerprint density at radius 2 is 2.19 bits per heavy atom. The summed E-state index contributed by atoms with van der Waals surface area (Å²) in [5.74, 6) is 1.86. The Bertz CT molecular complexity index is 1180. The van der Waals surface area contributed by atoms with Crippen LogP contribution in [-0.2, 0) is 4.79 Å². The quantitative estimate of drug-likeness (QED) is 0.664. The van der Waals surface area contributed by atoms with E-state index in [0.29, 0.717) is 29.8 Å². The maximum Gasteiger partial charge on any atom is 0.228 e. The number of hydrogen-bond donors (Lipinski definition) is 1. The summed E-state index contributed by atoms with van der Waals surface area (Å²) in [5.41, 5.74) is 2.92. The molecule has 0 unspecified atom stereocenters. The van der Waals surface area contributed by atoms with Crippen LogP contribution in [0.25, 0.3) is 16.6 Å². The first-order chi connectivity index (χ1) is 15.1. The summed E-state index contributed by atoms with van der Waals surface area (Å²) in [7, 11) is 2.12. The van der Waals surface area contributed by atoms with Crippen molar-refractivity contribution < 1.29 is 9.53 Å². The molecule has 158 valence electrons. The second kappa shape index (κ2) is 8.00. The first-order valence-corrected chi connectivity index (χ1v) is 10.6. The number of nitrogens with zero attached hydrogens (tertiary/aromatic N) is 5. The lowest BCUT2D eigenvalue weighted by Crippen LogP contribution is -2.18. The number of likely N-dealkylation sites (tertiary alicyclic amines) is 1. The van der Waals surface area contributed by atoms with E-state index >= 15 is 0 Å². The number of anilines is 1. The van der Waals surface area contributed by atoms with Gasteiger partial charge in [-0.25, -0.2) is 9.50 Å². The predicted octanol–water partition coefficient (Wildman–Crippen LogP) is 2.95. The third kappa shape index (κ3) is 4.23. The molecular formula is C23H24N6O2. The van der Waals surface area contributed by atoms with E-state index in [4.69, 9.17) is 4.74 Å². The topological polar surface area (TPSA) is 95.6 Å². The van der Waals surface area contributed by atoms with Gasteiger partial charge in [0.05, 0.1) is 18.3 Å². The normalized spacial score (nSPS) is 18.8. The molecule has 0 aromatic carbocycles. The standard InChI is InChI=1S/C23H24N6O2/c1-28-6-4-15(13-28)14-31-21-12-25-18(11-24)9-20(21)17-5-7-29-19(8-17)10-22(27-29)26-23(30)16-2-3-16/h5,7-10,12,15-16H,2-4,6,13-14H2,1H3,(H,26,27,30)/t15-/m0/s1. The molecule has 4 heterocycles. The minimum atomic E-state index is 0.0321. The second-order valence-electron chi connectivity index (χ2n) is 8.48. The van der Waals surface area contributed by atoms with Gasteiger partial charge in [0.25, 0.3) is 0 Å². The highest BCUT2D eigenvalue weighted by Crippen LogP contribution is 2.33. The van der Waals surface area contributed by atoms with Crippen molar-refractivity contribution in [1.29, 1.82) is 5.26 Å². The second-order valence-corrected chi connectivity index (χ2v) is 8.48. The lowest BCUT2D eigenvalue weighted by molar-refractivity contribution is -0.117. The maximum atomic E-state index is 12.0. The van der Waals surface area contributed by atoms with Crippen LogP contribution in [0.5, 0.6) is 5.75 Å². The summed E-state index contributed by atoms with van der Waals surface area (Å²) in [4.78, 5) is 18.5. The van der Waals surface area contributed by atoms with Crippen LogP contribution in [0.4, 0.5) is 5.82 Å². The number of ether oxygens (including phenoxy) is 1. The molecule has 1 aliphatic carbocycles. The van der Waals surface area contributed by atoms with E-state index in [9.17, 15) is 10.1 Å². The molecule has 0 bridgehead atoms. The van der Waals surface area contributed by atoms with E-state index < -0.39 is 0 Å². The number of hydrogen-bond acceptors (Lipinski definition) is 6. The van der Waals surface area contributed by atoms with E-state index in [2.05, 4.69) is 33.4 Å². The van der Waals surface area contributed by atoms with Crippen molar-refractivity contribution in [3.8, 4) is 22.9 Å². The summed E-state index contributed by atoms with van der Waals surface area (Å²) in [6, 6.07) is 9.63. The van der Waals surface area contributed by atoms with Gasteiger partial charge >= 0.3 is 0 Å². The lowest BCUT2D eigenvalue weighted by Gasteiger charge is -2.15. The molecule has 2 fully saturated rings. The van der Waals surface area contributed by atoms with E-state index in [1.165, 1.54) is 0 Å². The molecule has 1 saturated carbocycles. The van der Waals surface area contributed by atoms with Crippen molar-refractivity contribution in [3.05, 3.63) is 42.4 Å². The first-order valence-electron chi connectivity index (χ1n) is 10.6. The minimum absolute atomic E-state index is 0.0321. The Morgan fingerprint density at radius 3 is 2.94 bits per heavy atom. The van der Waals surface area contributed by atoms with Crippen LogP contribution in [-0.4, -0.2) is 52.1 Å². The Kier molecular flexibility index (Phi) is 5.04. The number of carbonyl (C=O) groups excluding carboxylic acids is 1. The minimum Gasteiger partial charge on any atom is -0.491 e. The van der Waals surface area contributed by atoms with Crippen LogP contribution in [0.2, 0.25) is 0 Å². The van der Waals surface area contributed by atoms with Crippen molar-refractivity contribution >= 4 is 17.2 Å². The van der Waals surface area contributed by atoms with Crippen molar-refractivity contribution in [2.24, 2.45) is 11.8 Å². The third-order valence-corrected chi connectivity index (χ3v) is 5.92. The van der Waals surface area contributed by atoms with E-state index in [0.717, 1.165) is 49.0 Å². The fourth-order valence-electron chi connectivity index (χ4n) is 4.01. The molecule has 1 N–H and O–H groups in total. The van der Waals surface area contributed by atoms with Gasteiger partial charge in [0.2, 0.25) is 5.91 Å². The smallest absolute Gasteiger partial charge is 0.228 e. The Labute approximate surface area is 180 Å². The fourth-order valence-corrected chi connectivity index (χ4v) is 4.01. The molecule has 1 atom stereocenters. The number of rotatable bonds is 6. The zero-order chi connectivity index (χ0) is 21.4. The van der Waals surface area contributed by atoms with Crippen LogP contribution >= 0.6 is 0 Å². The van der Waals surface area contributed by atoms with Gasteiger partial charge in [0, 0.05) is 36.2 Å². The number of carbonyl (C=O) groups is 1. The van der Waals surface area contributed by atoms with E-state index in [1.54, 1.807) is 16.8 Å². The Balaban J connectivity index is 1.42. The molecule has 1 saturated heterocycles. The predicted molar refractivity (Wildman–Crippen MR) is 116 cm³/mol. The summed E-state index contributed by atoms with van der Waals surface area (Å²) in [6.07, 6.45) is 6.50. The van der Waals surface area contributed by atoms with Gasteiger partial charge in [-0.3, -0.25) is 4.79 Å². The average molecular weight is 416 g/mol. The molecule has 0 spiro atoms. The number of pyridine rings is 2. The van der Waals surface area contributed by atoms with Crippen LogP contribution in [0.1, 0.15) is 25.0 Å². The number of amides is 1. The highest BCUT2D eigenvalue weighted by molar-refractivity contribution is 5.93. The zero-order valence-electron chi connectivity index (χ0n) is 17.4. The van der Waals surface area contributed by atoms with Gasteiger partial charge in [-0.2, -0.15) is 10.4 Å². The molecule has 5 rings (SSSR count). The van der Waals surface area contributed by atoms with Gasteiger partial charge in [-0.05, 0) is 56.6 Å². The molecular weight excluding hydrogens is 392 g/mol. The van der Waals surface area contributed by atoms with Crippen LogP contribution in [0.3, 0.4) is 0 Å². The SMILES string of the molecule is CN1CC[C@H](COc2cnc(C#N)cc2-c2ccn3nc(NC(=O)C4CC4)cc3c2)C1. The van der Waals surface area contributed by atoms with Crippen molar-refractivity contribution in [2.45, 2.75) is 19.3 Å². The average Bonchev–Trinajstić information content (AvgIpc) is 3.43. The molecule has 1 aliphatic heterocycles. The van der Waals surface area contributed by atoms with Crippen molar-refractivity contribution in [2.75, 3.05) is 32.1 Å². The summed E-state index contributed by atoms with van der Waals surface area (Å²) < 4.78 is 7.88. The van der Waals surface area contributed by atoms with E-state index in [-0.39, 0.29) is 11.8 Å². The largest absolute Gasteiger partial charge is 0.491 e. The summed E-state index contributed by atoms with van der Waals surface area (Å²) in [5, 5.41) is 16.6. The summed E-state index contributed by atoms with van der Waals surface area (Å²) >= 11 is 0. The fraction of sp³-hybridized carbons (Fsp3) is 0.391. The molecule has 3 aromatic heterocycles. The number of nitrogens with one attached hydrogen (secondary N) is 1. The third-order valence-electron chi connectivity index (χ3n) is 5.92. The number of nitriles is 1. The Hall–Kier alpha value is -3.44. The van der Waals surface area contributed by atoms with E-state index in [1.807, 2.05) is 24.4 Å². The molecule has 1 amide bonds. The van der Waals surface area contributed by atoms with Gasteiger partial charge in [-0.1, -0.05) is 0 Å². The monoisotopic (exact) mass is 416 g/mol. The lowest BCUT2D eigenvalue weighted by atomic mass is 10.1. The maximum absolute atomic E-state index is 12.0. The van der Waals surface area contributed by atoms with Crippen molar-refractivity contribution in [1.82, 2.24) is 19.5 Å². The highest BCUT2D eigenvalue weighted by Gasteiger charge is 2.30. The van der Waals surface area contributed by atoms with Crippen LogP contribution in [0, 0.1) is 23.2 Å². The molecule has 2 aliphatic rings. The molecule has 3 aromatic rings. The van der Waals surface area contributed by atoms with Crippen LogP contribution < -0.4 is 10.1 Å². The number of fused-ring (bicyclic) bond motifs is 1. The van der Waals surface area contributed by atoms with Crippen LogP contribution in [0.15, 0.2) is 36.7 Å².